The lowest BCUT2D eigenvalue weighted by Gasteiger charge is -2.17. The van der Waals surface area contributed by atoms with Crippen molar-refractivity contribution in [2.24, 2.45) is 5.92 Å². The van der Waals surface area contributed by atoms with Crippen molar-refractivity contribution in [1.82, 2.24) is 4.98 Å². The van der Waals surface area contributed by atoms with Gasteiger partial charge in [-0.25, -0.2) is 4.79 Å². The van der Waals surface area contributed by atoms with Gasteiger partial charge in [-0.15, -0.1) is 0 Å². The Hall–Kier alpha value is -1.55. The Kier molecular flexibility index (Phi) is 2.52. The second kappa shape index (κ2) is 4.04. The van der Waals surface area contributed by atoms with Gasteiger partial charge in [0.2, 0.25) is 0 Å². The maximum Gasteiger partial charge on any atom is 0.417 e. The van der Waals surface area contributed by atoms with E-state index in [1.54, 1.807) is 12.1 Å². The van der Waals surface area contributed by atoms with E-state index in [1.807, 2.05) is 6.07 Å². The average molecular weight is 233 g/mol. The molecule has 1 aliphatic rings. The van der Waals surface area contributed by atoms with Crippen LogP contribution in [-0.2, 0) is 0 Å². The Morgan fingerprint density at radius 2 is 2.12 bits per heavy atom. The van der Waals surface area contributed by atoms with Crippen molar-refractivity contribution in [2.75, 3.05) is 0 Å². The van der Waals surface area contributed by atoms with Crippen molar-refractivity contribution in [3.8, 4) is 0 Å². The summed E-state index contributed by atoms with van der Waals surface area (Å²) in [6, 6.07) is 5.40. The molecule has 1 unspecified atom stereocenters. The third kappa shape index (κ3) is 1.89. The molecule has 2 N–H and O–H groups in total. The van der Waals surface area contributed by atoms with E-state index in [-0.39, 0.29) is 0 Å². The highest BCUT2D eigenvalue weighted by atomic mass is 16.4. The fourth-order valence-corrected chi connectivity index (χ4v) is 2.69. The Morgan fingerprint density at radius 1 is 1.35 bits per heavy atom. The Labute approximate surface area is 98.3 Å². The number of fused-ring (bicyclic) bond motifs is 1. The van der Waals surface area contributed by atoms with E-state index in [2.05, 4.69) is 4.98 Å². The number of H-pyrrole nitrogens is 1. The van der Waals surface area contributed by atoms with E-state index in [0.717, 1.165) is 18.4 Å². The van der Waals surface area contributed by atoms with E-state index >= 15 is 0 Å². The van der Waals surface area contributed by atoms with E-state index in [9.17, 15) is 9.90 Å². The third-order valence-electron chi connectivity index (χ3n) is 3.63. The topological polar surface area (TPSA) is 66.2 Å². The maximum absolute atomic E-state index is 11.0. The summed E-state index contributed by atoms with van der Waals surface area (Å²) in [5.41, 5.74) is 2.04. The first-order valence-corrected chi connectivity index (χ1v) is 6.05. The van der Waals surface area contributed by atoms with Gasteiger partial charge in [0.25, 0.3) is 0 Å². The Morgan fingerprint density at radius 3 is 2.88 bits per heavy atom. The Balaban J connectivity index is 1.96. The number of oxazole rings is 1. The van der Waals surface area contributed by atoms with Gasteiger partial charge in [-0.05, 0) is 36.5 Å². The van der Waals surface area contributed by atoms with Crippen LogP contribution in [0, 0.1) is 5.92 Å². The number of hydrogen-bond donors (Lipinski definition) is 2. The molecule has 0 spiro atoms. The molecule has 1 saturated carbocycles. The van der Waals surface area contributed by atoms with Crippen LogP contribution in [0.25, 0.3) is 11.1 Å². The molecule has 17 heavy (non-hydrogen) atoms. The molecule has 1 heterocycles. The Bertz CT molecular complexity index is 578. The van der Waals surface area contributed by atoms with Crippen LogP contribution in [0.2, 0.25) is 0 Å². The van der Waals surface area contributed by atoms with Crippen molar-refractivity contribution in [3.63, 3.8) is 0 Å². The number of benzene rings is 1. The number of nitrogens with one attached hydrogen (secondary N) is 1. The van der Waals surface area contributed by atoms with Gasteiger partial charge in [-0.2, -0.15) is 0 Å². The molecular weight excluding hydrogens is 218 g/mol. The molecule has 4 heteroatoms. The molecular formula is C13H15NO3. The number of aromatic nitrogens is 1. The number of hydrogen-bond acceptors (Lipinski definition) is 3. The highest BCUT2D eigenvalue weighted by Crippen LogP contribution is 2.36. The summed E-state index contributed by atoms with van der Waals surface area (Å²) in [6.07, 6.45) is 4.11. The largest absolute Gasteiger partial charge is 0.417 e. The normalized spacial score (nSPS) is 18.9. The molecule has 0 bridgehead atoms. The van der Waals surface area contributed by atoms with E-state index < -0.39 is 11.9 Å². The number of aromatic amines is 1. The molecule has 1 aromatic heterocycles. The quantitative estimate of drug-likeness (QED) is 0.836. The van der Waals surface area contributed by atoms with Crippen molar-refractivity contribution in [2.45, 2.75) is 31.8 Å². The fraction of sp³-hybridized carbons (Fsp3) is 0.462. The molecule has 3 rings (SSSR count). The minimum absolute atomic E-state index is 0.345. The molecule has 0 amide bonds. The predicted molar refractivity (Wildman–Crippen MR) is 63.8 cm³/mol. The first-order chi connectivity index (χ1) is 8.24. The zero-order valence-corrected chi connectivity index (χ0v) is 9.48. The van der Waals surface area contributed by atoms with E-state index in [4.69, 9.17) is 4.42 Å². The molecule has 0 saturated heterocycles. The lowest BCUT2D eigenvalue weighted by Crippen LogP contribution is -2.08. The third-order valence-corrected chi connectivity index (χ3v) is 3.63. The van der Waals surface area contributed by atoms with Crippen LogP contribution in [0.4, 0.5) is 0 Å². The van der Waals surface area contributed by atoms with E-state index in [0.29, 0.717) is 17.0 Å². The zero-order chi connectivity index (χ0) is 11.8. The summed E-state index contributed by atoms with van der Waals surface area (Å²) >= 11 is 0. The number of aliphatic hydroxyl groups excluding tert-OH is 1. The molecule has 2 aromatic rings. The molecule has 0 radical (unpaired) electrons. The molecule has 1 aromatic carbocycles. The van der Waals surface area contributed by atoms with Crippen LogP contribution in [0.3, 0.4) is 0 Å². The second-order valence-corrected chi connectivity index (χ2v) is 4.76. The summed E-state index contributed by atoms with van der Waals surface area (Å²) < 4.78 is 5.00. The van der Waals surface area contributed by atoms with Gasteiger partial charge in [-0.3, -0.25) is 4.98 Å². The maximum atomic E-state index is 11.0. The predicted octanol–water partition coefficient (Wildman–Crippen LogP) is 2.34. The number of rotatable bonds is 2. The average Bonchev–Trinajstić information content (AvgIpc) is 2.94. The van der Waals surface area contributed by atoms with Crippen LogP contribution in [-0.4, -0.2) is 10.1 Å². The monoisotopic (exact) mass is 233 g/mol. The zero-order valence-electron chi connectivity index (χ0n) is 9.48. The van der Waals surface area contributed by atoms with Gasteiger partial charge in [0.05, 0.1) is 11.6 Å². The summed E-state index contributed by atoms with van der Waals surface area (Å²) in [6.45, 7) is 0. The molecule has 90 valence electrons. The molecule has 4 nitrogen and oxygen atoms in total. The van der Waals surface area contributed by atoms with Gasteiger partial charge in [-0.1, -0.05) is 18.9 Å². The van der Waals surface area contributed by atoms with Crippen molar-refractivity contribution in [3.05, 3.63) is 34.3 Å². The van der Waals surface area contributed by atoms with Crippen LogP contribution in [0.15, 0.2) is 27.4 Å². The molecule has 1 atom stereocenters. The van der Waals surface area contributed by atoms with Gasteiger partial charge < -0.3 is 9.52 Å². The SMILES string of the molecule is O=c1[nH]c2ccc(C(O)C3CCCC3)cc2o1. The smallest absolute Gasteiger partial charge is 0.408 e. The van der Waals surface area contributed by atoms with Crippen molar-refractivity contribution >= 4 is 11.1 Å². The van der Waals surface area contributed by atoms with Gasteiger partial charge >= 0.3 is 5.76 Å². The molecule has 0 aliphatic heterocycles. The minimum atomic E-state index is -0.451. The van der Waals surface area contributed by atoms with Crippen molar-refractivity contribution < 1.29 is 9.52 Å². The standard InChI is InChI=1S/C13H15NO3/c15-12(8-3-1-2-4-8)9-5-6-10-11(7-9)17-13(16)14-10/h5-8,12,15H,1-4H2,(H,14,16). The van der Waals surface area contributed by atoms with Crippen LogP contribution in [0.1, 0.15) is 37.4 Å². The fourth-order valence-electron chi connectivity index (χ4n) is 2.69. The van der Waals surface area contributed by atoms with Gasteiger partial charge in [0.15, 0.2) is 5.58 Å². The lowest BCUT2D eigenvalue weighted by molar-refractivity contribution is 0.111. The lowest BCUT2D eigenvalue weighted by atomic mass is 9.94. The second-order valence-electron chi connectivity index (χ2n) is 4.76. The van der Waals surface area contributed by atoms with Gasteiger partial charge in [0.1, 0.15) is 0 Å². The summed E-state index contributed by atoms with van der Waals surface area (Å²) in [7, 11) is 0. The van der Waals surface area contributed by atoms with Crippen LogP contribution in [0.5, 0.6) is 0 Å². The molecule has 1 aliphatic carbocycles. The van der Waals surface area contributed by atoms with Crippen molar-refractivity contribution in [1.29, 1.82) is 0 Å². The van der Waals surface area contributed by atoms with Crippen LogP contribution < -0.4 is 5.76 Å². The minimum Gasteiger partial charge on any atom is -0.408 e. The van der Waals surface area contributed by atoms with E-state index in [1.165, 1.54) is 12.8 Å². The number of aliphatic hydroxyl groups is 1. The van der Waals surface area contributed by atoms with Gasteiger partial charge in [0, 0.05) is 0 Å². The highest BCUT2D eigenvalue weighted by Gasteiger charge is 2.24. The molecule has 1 fully saturated rings. The first kappa shape index (κ1) is 10.6. The highest BCUT2D eigenvalue weighted by molar-refractivity contribution is 5.72. The summed E-state index contributed by atoms with van der Waals surface area (Å²) in [5, 5.41) is 10.3. The summed E-state index contributed by atoms with van der Waals surface area (Å²) in [4.78, 5) is 13.6. The first-order valence-electron chi connectivity index (χ1n) is 6.05. The van der Waals surface area contributed by atoms with Crippen LogP contribution >= 0.6 is 0 Å². The summed E-state index contributed by atoms with van der Waals surface area (Å²) in [5.74, 6) is -0.106.